The van der Waals surface area contributed by atoms with Crippen LogP contribution in [0.15, 0.2) is 62.4 Å². The summed E-state index contributed by atoms with van der Waals surface area (Å²) in [5.41, 5.74) is 0.949. The van der Waals surface area contributed by atoms with Crippen LogP contribution < -0.4 is 10.2 Å². The van der Waals surface area contributed by atoms with Crippen LogP contribution in [0.3, 0.4) is 0 Å². The first-order chi connectivity index (χ1) is 14.4. The predicted octanol–water partition coefficient (Wildman–Crippen LogP) is 4.21. The van der Waals surface area contributed by atoms with Crippen LogP contribution in [0.5, 0.6) is 17.2 Å². The molecule has 7 heteroatoms. The number of phenols is 2. The van der Waals surface area contributed by atoms with E-state index in [1.807, 2.05) is 0 Å². The lowest BCUT2D eigenvalue weighted by atomic mass is 9.88. The van der Waals surface area contributed by atoms with Crippen LogP contribution in [0.4, 0.5) is 0 Å². The highest BCUT2D eigenvalue weighted by Gasteiger charge is 2.35. The Labute approximate surface area is 169 Å². The molecule has 0 radical (unpaired) electrons. The molecule has 0 saturated carbocycles. The Morgan fingerprint density at radius 3 is 2.50 bits per heavy atom. The molecule has 0 aliphatic carbocycles. The van der Waals surface area contributed by atoms with Crippen molar-refractivity contribution in [1.29, 1.82) is 0 Å². The van der Waals surface area contributed by atoms with E-state index in [2.05, 4.69) is 0 Å². The van der Waals surface area contributed by atoms with Crippen LogP contribution in [0.25, 0.3) is 22.1 Å². The highest BCUT2D eigenvalue weighted by molar-refractivity contribution is 5.94. The molecule has 1 atom stereocenters. The van der Waals surface area contributed by atoms with Gasteiger partial charge in [-0.05, 0) is 36.8 Å². The van der Waals surface area contributed by atoms with Crippen molar-refractivity contribution in [2.24, 2.45) is 0 Å². The second kappa shape index (κ2) is 6.52. The summed E-state index contributed by atoms with van der Waals surface area (Å²) < 4.78 is 16.9. The summed E-state index contributed by atoms with van der Waals surface area (Å²) in [5, 5.41) is 20.0. The van der Waals surface area contributed by atoms with Gasteiger partial charge in [0.25, 0.3) is 0 Å². The standard InChI is InChI=1S/C23H16O7/c1-11-2-7-17(29-11)14-8-19(26)30-18-9-16(25)21-22(27)15(10-28-23(21)20(14)18)12-3-5-13(24)6-4-12/h2-7,9-10,14,24-25H,8H2,1H3. The predicted molar refractivity (Wildman–Crippen MR) is 107 cm³/mol. The van der Waals surface area contributed by atoms with E-state index in [4.69, 9.17) is 13.6 Å². The molecule has 4 aromatic rings. The van der Waals surface area contributed by atoms with Gasteiger partial charge in [0, 0.05) is 11.6 Å². The van der Waals surface area contributed by atoms with Gasteiger partial charge in [0.1, 0.15) is 46.0 Å². The van der Waals surface area contributed by atoms with Crippen LogP contribution in [-0.2, 0) is 4.79 Å². The van der Waals surface area contributed by atoms with Gasteiger partial charge in [0.15, 0.2) is 0 Å². The lowest BCUT2D eigenvalue weighted by molar-refractivity contribution is -0.135. The first-order valence-corrected chi connectivity index (χ1v) is 9.30. The van der Waals surface area contributed by atoms with Crippen molar-refractivity contribution in [2.75, 3.05) is 0 Å². The van der Waals surface area contributed by atoms with Gasteiger partial charge in [-0.2, -0.15) is 0 Å². The number of aromatic hydroxyl groups is 2. The second-order valence-electron chi connectivity index (χ2n) is 7.22. The van der Waals surface area contributed by atoms with Crippen LogP contribution >= 0.6 is 0 Å². The first kappa shape index (κ1) is 18.1. The summed E-state index contributed by atoms with van der Waals surface area (Å²) in [6.45, 7) is 1.80. The Balaban J connectivity index is 1.78. The topological polar surface area (TPSA) is 110 Å². The summed E-state index contributed by atoms with van der Waals surface area (Å²) in [4.78, 5) is 25.4. The fourth-order valence-corrected chi connectivity index (χ4v) is 3.86. The molecule has 0 amide bonds. The van der Waals surface area contributed by atoms with Gasteiger partial charge in [-0.15, -0.1) is 0 Å². The molecule has 1 unspecified atom stereocenters. The normalized spacial score (nSPS) is 15.8. The molecule has 0 saturated heterocycles. The Hall–Kier alpha value is -4.00. The average molecular weight is 404 g/mol. The van der Waals surface area contributed by atoms with Crippen molar-refractivity contribution in [3.8, 4) is 28.4 Å². The van der Waals surface area contributed by atoms with Crippen molar-refractivity contribution in [3.05, 3.63) is 76.0 Å². The Kier molecular flexibility index (Phi) is 3.92. The first-order valence-electron chi connectivity index (χ1n) is 9.30. The van der Waals surface area contributed by atoms with Crippen molar-refractivity contribution in [2.45, 2.75) is 19.3 Å². The highest BCUT2D eigenvalue weighted by atomic mass is 16.5. The molecule has 1 aliphatic heterocycles. The number of aryl methyl sites for hydroxylation is 1. The number of fused-ring (bicyclic) bond motifs is 3. The zero-order valence-corrected chi connectivity index (χ0v) is 15.8. The number of furan rings is 1. The number of hydrogen-bond acceptors (Lipinski definition) is 7. The molecular formula is C23H16O7. The van der Waals surface area contributed by atoms with E-state index in [9.17, 15) is 19.8 Å². The summed E-state index contributed by atoms with van der Waals surface area (Å²) in [6, 6.07) is 10.9. The minimum absolute atomic E-state index is 0.00875. The number of esters is 1. The zero-order chi connectivity index (χ0) is 21.0. The number of carbonyl (C=O) groups excluding carboxylic acids is 1. The molecule has 150 valence electrons. The molecule has 1 aliphatic rings. The Morgan fingerprint density at radius 2 is 1.80 bits per heavy atom. The lowest BCUT2D eigenvalue weighted by Gasteiger charge is -2.24. The second-order valence-corrected chi connectivity index (χ2v) is 7.22. The number of benzene rings is 2. The average Bonchev–Trinajstić information content (AvgIpc) is 3.14. The van der Waals surface area contributed by atoms with E-state index < -0.39 is 17.3 Å². The third-order valence-corrected chi connectivity index (χ3v) is 5.25. The van der Waals surface area contributed by atoms with Crippen LogP contribution in [-0.4, -0.2) is 16.2 Å². The highest BCUT2D eigenvalue weighted by Crippen LogP contribution is 2.45. The van der Waals surface area contributed by atoms with Crippen LogP contribution in [0.1, 0.15) is 29.4 Å². The molecule has 2 aromatic heterocycles. The SMILES string of the molecule is Cc1ccc(C2CC(=O)Oc3cc(O)c4c(=O)c(-c5ccc(O)cc5)coc4c32)o1. The molecule has 2 N–H and O–H groups in total. The minimum atomic E-state index is -0.513. The Bertz CT molecular complexity index is 1360. The van der Waals surface area contributed by atoms with Gasteiger partial charge in [0.05, 0.1) is 17.9 Å². The molecule has 0 fully saturated rings. The van der Waals surface area contributed by atoms with E-state index in [0.717, 1.165) is 0 Å². The molecule has 2 aromatic carbocycles. The third kappa shape index (κ3) is 2.75. The quantitative estimate of drug-likeness (QED) is 0.380. The van der Waals surface area contributed by atoms with Gasteiger partial charge >= 0.3 is 5.97 Å². The molecule has 0 bridgehead atoms. The molecule has 3 heterocycles. The van der Waals surface area contributed by atoms with E-state index >= 15 is 0 Å². The summed E-state index contributed by atoms with van der Waals surface area (Å²) >= 11 is 0. The van der Waals surface area contributed by atoms with Crippen LogP contribution in [0.2, 0.25) is 0 Å². The van der Waals surface area contributed by atoms with Gasteiger partial charge in [-0.25, -0.2) is 0 Å². The van der Waals surface area contributed by atoms with E-state index in [1.165, 1.54) is 24.5 Å². The van der Waals surface area contributed by atoms with Crippen LogP contribution in [0, 0.1) is 6.92 Å². The van der Waals surface area contributed by atoms with Crippen molar-refractivity contribution >= 4 is 16.9 Å². The zero-order valence-electron chi connectivity index (χ0n) is 15.8. The minimum Gasteiger partial charge on any atom is -0.508 e. The molecular weight excluding hydrogens is 388 g/mol. The number of hydrogen-bond donors (Lipinski definition) is 2. The molecule has 30 heavy (non-hydrogen) atoms. The number of phenolic OH excluding ortho intramolecular Hbond substituents is 2. The Morgan fingerprint density at radius 1 is 1.03 bits per heavy atom. The molecule has 0 spiro atoms. The third-order valence-electron chi connectivity index (χ3n) is 5.25. The van der Waals surface area contributed by atoms with Gasteiger partial charge < -0.3 is 23.8 Å². The fourth-order valence-electron chi connectivity index (χ4n) is 3.86. The molecule has 5 rings (SSSR count). The number of carbonyl (C=O) groups is 1. The van der Waals surface area contributed by atoms with Crippen molar-refractivity contribution < 1.29 is 28.6 Å². The number of rotatable bonds is 2. The fraction of sp³-hybridized carbons (Fsp3) is 0.130. The summed E-state index contributed by atoms with van der Waals surface area (Å²) in [6.07, 6.45) is 1.32. The van der Waals surface area contributed by atoms with Crippen molar-refractivity contribution in [1.82, 2.24) is 0 Å². The smallest absolute Gasteiger partial charge is 0.312 e. The van der Waals surface area contributed by atoms with Gasteiger partial charge in [-0.3, -0.25) is 9.59 Å². The monoisotopic (exact) mass is 404 g/mol. The lowest BCUT2D eigenvalue weighted by Crippen LogP contribution is -2.21. The van der Waals surface area contributed by atoms with E-state index in [1.54, 1.807) is 31.2 Å². The largest absolute Gasteiger partial charge is 0.508 e. The maximum Gasteiger partial charge on any atom is 0.312 e. The maximum absolute atomic E-state index is 13.2. The maximum atomic E-state index is 13.2. The summed E-state index contributed by atoms with van der Waals surface area (Å²) in [7, 11) is 0. The van der Waals surface area contributed by atoms with Gasteiger partial charge in [0.2, 0.25) is 5.43 Å². The number of ether oxygens (including phenoxy) is 1. The van der Waals surface area contributed by atoms with Crippen molar-refractivity contribution in [3.63, 3.8) is 0 Å². The molecule has 7 nitrogen and oxygen atoms in total. The van der Waals surface area contributed by atoms with Gasteiger partial charge in [-0.1, -0.05) is 12.1 Å². The van der Waals surface area contributed by atoms with E-state index in [-0.39, 0.29) is 40.2 Å². The van der Waals surface area contributed by atoms with E-state index in [0.29, 0.717) is 22.6 Å². The summed E-state index contributed by atoms with van der Waals surface area (Å²) in [5.74, 6) is 0.105.